The highest BCUT2D eigenvalue weighted by Gasteiger charge is 2.73. The summed E-state index contributed by atoms with van der Waals surface area (Å²) in [5, 5.41) is 0. The fraction of sp³-hybridized carbons (Fsp3) is 1.00. The second kappa shape index (κ2) is 1.78. The number of fused-ring (bicyclic) bond motifs is 1. The summed E-state index contributed by atoms with van der Waals surface area (Å²) in [7, 11) is 0. The Bertz CT molecular complexity index is 182. The summed E-state index contributed by atoms with van der Waals surface area (Å²) in [6, 6.07) is 0. The summed E-state index contributed by atoms with van der Waals surface area (Å²) in [6.45, 7) is 3.86. The highest BCUT2D eigenvalue weighted by atomic mass is 19.3. The van der Waals surface area contributed by atoms with Crippen molar-refractivity contribution in [2.24, 2.45) is 17.3 Å². The predicted molar refractivity (Wildman–Crippen MR) is 39.6 cm³/mol. The first kappa shape index (κ1) is 7.51. The lowest BCUT2D eigenvalue weighted by atomic mass is 9.87. The van der Waals surface area contributed by atoms with Gasteiger partial charge < -0.3 is 0 Å². The van der Waals surface area contributed by atoms with E-state index < -0.39 is 11.3 Å². The van der Waals surface area contributed by atoms with Gasteiger partial charge in [0.2, 0.25) is 0 Å². The van der Waals surface area contributed by atoms with Crippen molar-refractivity contribution in [3.05, 3.63) is 0 Å². The summed E-state index contributed by atoms with van der Waals surface area (Å²) in [5.41, 5.74) is -0.576. The molecule has 2 aliphatic carbocycles. The number of hydrogen-bond donors (Lipinski definition) is 0. The Hall–Kier alpha value is -0.140. The SMILES string of the molecule is CC(C)C12CC1CCC2(F)F. The van der Waals surface area contributed by atoms with E-state index in [0.29, 0.717) is 5.92 Å². The number of hydrogen-bond acceptors (Lipinski definition) is 0. The van der Waals surface area contributed by atoms with Crippen LogP contribution < -0.4 is 0 Å². The Morgan fingerprint density at radius 2 is 2.00 bits per heavy atom. The molecule has 2 heteroatoms. The van der Waals surface area contributed by atoms with Gasteiger partial charge in [-0.25, -0.2) is 8.78 Å². The van der Waals surface area contributed by atoms with Crippen LogP contribution in [0.25, 0.3) is 0 Å². The van der Waals surface area contributed by atoms with Crippen LogP contribution >= 0.6 is 0 Å². The van der Waals surface area contributed by atoms with Gasteiger partial charge in [-0.3, -0.25) is 0 Å². The van der Waals surface area contributed by atoms with Crippen molar-refractivity contribution >= 4 is 0 Å². The Labute approximate surface area is 66.0 Å². The van der Waals surface area contributed by atoms with Gasteiger partial charge in [0.25, 0.3) is 5.92 Å². The molecule has 0 nitrogen and oxygen atoms in total. The average molecular weight is 160 g/mol. The molecule has 0 aromatic carbocycles. The van der Waals surface area contributed by atoms with Crippen LogP contribution in [0, 0.1) is 17.3 Å². The first-order valence-corrected chi connectivity index (χ1v) is 4.38. The molecule has 0 N–H and O–H groups in total. The smallest absolute Gasteiger partial charge is 0.206 e. The van der Waals surface area contributed by atoms with Crippen molar-refractivity contribution in [2.45, 2.75) is 39.0 Å². The summed E-state index contributed by atoms with van der Waals surface area (Å²) >= 11 is 0. The van der Waals surface area contributed by atoms with E-state index in [1.165, 1.54) is 0 Å². The first-order valence-electron chi connectivity index (χ1n) is 4.38. The third-order valence-electron chi connectivity index (χ3n) is 3.67. The largest absolute Gasteiger partial charge is 0.254 e. The molecule has 2 unspecified atom stereocenters. The quantitative estimate of drug-likeness (QED) is 0.553. The van der Waals surface area contributed by atoms with Crippen molar-refractivity contribution in [1.82, 2.24) is 0 Å². The molecule has 0 aromatic heterocycles. The summed E-state index contributed by atoms with van der Waals surface area (Å²) < 4.78 is 26.6. The number of alkyl halides is 2. The lowest BCUT2D eigenvalue weighted by Gasteiger charge is -2.26. The van der Waals surface area contributed by atoms with E-state index in [0.717, 1.165) is 12.8 Å². The van der Waals surface area contributed by atoms with E-state index >= 15 is 0 Å². The Morgan fingerprint density at radius 1 is 1.36 bits per heavy atom. The minimum atomic E-state index is -2.36. The van der Waals surface area contributed by atoms with Gasteiger partial charge in [-0.15, -0.1) is 0 Å². The second-order valence-corrected chi connectivity index (χ2v) is 4.34. The van der Waals surface area contributed by atoms with Gasteiger partial charge in [0.1, 0.15) is 0 Å². The zero-order valence-corrected chi connectivity index (χ0v) is 7.03. The zero-order valence-electron chi connectivity index (χ0n) is 7.03. The minimum Gasteiger partial charge on any atom is -0.206 e. The van der Waals surface area contributed by atoms with E-state index in [4.69, 9.17) is 0 Å². The topological polar surface area (TPSA) is 0 Å². The molecule has 2 atom stereocenters. The van der Waals surface area contributed by atoms with Gasteiger partial charge in [-0.1, -0.05) is 13.8 Å². The monoisotopic (exact) mass is 160 g/mol. The maximum atomic E-state index is 13.3. The van der Waals surface area contributed by atoms with Crippen LogP contribution in [0.5, 0.6) is 0 Å². The molecule has 2 fully saturated rings. The maximum absolute atomic E-state index is 13.3. The highest BCUT2D eigenvalue weighted by Crippen LogP contribution is 2.73. The number of halogens is 2. The van der Waals surface area contributed by atoms with Crippen LogP contribution in [0.1, 0.15) is 33.1 Å². The fourth-order valence-corrected chi connectivity index (χ4v) is 2.87. The van der Waals surface area contributed by atoms with E-state index in [2.05, 4.69) is 0 Å². The predicted octanol–water partition coefficient (Wildman–Crippen LogP) is 3.08. The molecular weight excluding hydrogens is 146 g/mol. The molecule has 11 heavy (non-hydrogen) atoms. The van der Waals surface area contributed by atoms with Crippen molar-refractivity contribution in [1.29, 1.82) is 0 Å². The van der Waals surface area contributed by atoms with Gasteiger partial charge in [-0.05, 0) is 24.7 Å². The molecule has 0 bridgehead atoms. The van der Waals surface area contributed by atoms with Crippen LogP contribution in [0.2, 0.25) is 0 Å². The van der Waals surface area contributed by atoms with Gasteiger partial charge in [-0.2, -0.15) is 0 Å². The Kier molecular flexibility index (Phi) is 1.21. The minimum absolute atomic E-state index is 0.135. The van der Waals surface area contributed by atoms with Crippen molar-refractivity contribution in [2.75, 3.05) is 0 Å². The van der Waals surface area contributed by atoms with Crippen LogP contribution in [0.4, 0.5) is 8.78 Å². The second-order valence-electron chi connectivity index (χ2n) is 4.34. The van der Waals surface area contributed by atoms with Gasteiger partial charge >= 0.3 is 0 Å². The van der Waals surface area contributed by atoms with Crippen molar-refractivity contribution in [3.63, 3.8) is 0 Å². The Morgan fingerprint density at radius 3 is 2.18 bits per heavy atom. The van der Waals surface area contributed by atoms with E-state index in [1.807, 2.05) is 13.8 Å². The summed E-state index contributed by atoms with van der Waals surface area (Å²) in [4.78, 5) is 0. The number of rotatable bonds is 1. The van der Waals surface area contributed by atoms with Crippen LogP contribution in [0.15, 0.2) is 0 Å². The average Bonchev–Trinajstić information content (AvgIpc) is 2.53. The van der Waals surface area contributed by atoms with Gasteiger partial charge in [0.05, 0.1) is 0 Å². The molecule has 0 saturated heterocycles. The first-order chi connectivity index (χ1) is 5.01. The maximum Gasteiger partial charge on any atom is 0.254 e. The molecule has 64 valence electrons. The van der Waals surface area contributed by atoms with Gasteiger partial charge in [0.15, 0.2) is 0 Å². The van der Waals surface area contributed by atoms with Crippen LogP contribution in [-0.2, 0) is 0 Å². The molecule has 0 heterocycles. The molecule has 0 aromatic rings. The highest BCUT2D eigenvalue weighted by molar-refractivity contribution is 5.16. The normalized spacial score (nSPS) is 46.1. The molecule has 0 spiro atoms. The third kappa shape index (κ3) is 0.683. The van der Waals surface area contributed by atoms with E-state index in [9.17, 15) is 8.78 Å². The standard InChI is InChI=1S/C9H14F2/c1-6(2)8-5-7(8)3-4-9(8,10)11/h6-7H,3-5H2,1-2H3. The molecule has 0 aliphatic heterocycles. The molecular formula is C9H14F2. The molecule has 2 rings (SSSR count). The summed E-state index contributed by atoms with van der Waals surface area (Å²) in [5.74, 6) is -1.85. The lowest BCUT2D eigenvalue weighted by Crippen LogP contribution is -2.31. The van der Waals surface area contributed by atoms with E-state index in [-0.39, 0.29) is 12.3 Å². The lowest BCUT2D eigenvalue weighted by molar-refractivity contribution is -0.0803. The van der Waals surface area contributed by atoms with Crippen LogP contribution in [-0.4, -0.2) is 5.92 Å². The fourth-order valence-electron chi connectivity index (χ4n) is 2.87. The van der Waals surface area contributed by atoms with Crippen LogP contribution in [0.3, 0.4) is 0 Å². The zero-order chi connectivity index (χ0) is 8.28. The van der Waals surface area contributed by atoms with E-state index in [1.54, 1.807) is 0 Å². The molecule has 0 radical (unpaired) electrons. The molecule has 2 saturated carbocycles. The van der Waals surface area contributed by atoms with Crippen molar-refractivity contribution in [3.8, 4) is 0 Å². The Balaban J connectivity index is 2.27. The molecule has 0 amide bonds. The summed E-state index contributed by atoms with van der Waals surface area (Å²) in [6.07, 6.45) is 1.67. The third-order valence-corrected chi connectivity index (χ3v) is 3.67. The molecule has 2 aliphatic rings. The van der Waals surface area contributed by atoms with Gasteiger partial charge in [0, 0.05) is 11.8 Å². The van der Waals surface area contributed by atoms with Crippen molar-refractivity contribution < 1.29 is 8.78 Å².